The van der Waals surface area contributed by atoms with Crippen molar-refractivity contribution in [3.05, 3.63) is 46.7 Å². The summed E-state index contributed by atoms with van der Waals surface area (Å²) < 4.78 is 19.4. The van der Waals surface area contributed by atoms with E-state index >= 15 is 0 Å². The highest BCUT2D eigenvalue weighted by molar-refractivity contribution is 9.10. The Morgan fingerprint density at radius 2 is 1.94 bits per heavy atom. The maximum absolute atomic E-state index is 13.5. The number of para-hydroxylation sites is 1. The molecule has 0 spiro atoms. The molecular formula is C13H11BrFNOS. The minimum atomic E-state index is -0.402. The molecule has 2 aromatic rings. The second-order valence-electron chi connectivity index (χ2n) is 3.56. The Morgan fingerprint density at radius 1 is 1.22 bits per heavy atom. The van der Waals surface area contributed by atoms with Gasteiger partial charge in [-0.2, -0.15) is 0 Å². The Hall–Kier alpha value is -1.20. The fourth-order valence-electron chi connectivity index (χ4n) is 1.45. The molecular weight excluding hydrogens is 317 g/mol. The largest absolute Gasteiger partial charge is 0.454 e. The molecule has 0 saturated carbocycles. The van der Waals surface area contributed by atoms with Gasteiger partial charge in [-0.15, -0.1) is 11.8 Å². The molecule has 0 fully saturated rings. The highest BCUT2D eigenvalue weighted by Gasteiger charge is 2.10. The predicted molar refractivity (Wildman–Crippen MR) is 76.8 cm³/mol. The van der Waals surface area contributed by atoms with Crippen molar-refractivity contribution in [1.29, 1.82) is 0 Å². The maximum Gasteiger partial charge on any atom is 0.153 e. The molecule has 0 atom stereocenters. The molecule has 5 heteroatoms. The third-order valence-corrected chi connectivity index (χ3v) is 3.73. The minimum absolute atomic E-state index is 0.317. The fourth-order valence-corrected chi connectivity index (χ4v) is 2.34. The van der Waals surface area contributed by atoms with Gasteiger partial charge in [0.2, 0.25) is 0 Å². The summed E-state index contributed by atoms with van der Waals surface area (Å²) in [5.41, 5.74) is 6.19. The predicted octanol–water partition coefficient (Wildman–Crippen LogP) is 4.68. The van der Waals surface area contributed by atoms with Crippen LogP contribution in [0, 0.1) is 5.82 Å². The summed E-state index contributed by atoms with van der Waals surface area (Å²) in [6, 6.07) is 10.3. The van der Waals surface area contributed by atoms with Gasteiger partial charge in [0.05, 0.1) is 10.2 Å². The van der Waals surface area contributed by atoms with Crippen molar-refractivity contribution in [3.63, 3.8) is 0 Å². The van der Waals surface area contributed by atoms with E-state index in [-0.39, 0.29) is 0 Å². The first kappa shape index (κ1) is 13.2. The van der Waals surface area contributed by atoms with Gasteiger partial charge in [-0.05, 0) is 40.4 Å². The second-order valence-corrected chi connectivity index (χ2v) is 5.26. The van der Waals surface area contributed by atoms with Crippen molar-refractivity contribution >= 4 is 33.4 Å². The number of anilines is 1. The molecule has 18 heavy (non-hydrogen) atoms. The van der Waals surface area contributed by atoms with E-state index in [0.29, 0.717) is 21.7 Å². The average Bonchev–Trinajstić information content (AvgIpc) is 2.36. The molecule has 0 aliphatic carbocycles. The van der Waals surface area contributed by atoms with E-state index in [2.05, 4.69) is 15.9 Å². The van der Waals surface area contributed by atoms with Crippen molar-refractivity contribution in [2.45, 2.75) is 4.90 Å². The summed E-state index contributed by atoms with van der Waals surface area (Å²) in [7, 11) is 0. The van der Waals surface area contributed by atoms with Gasteiger partial charge < -0.3 is 10.5 Å². The highest BCUT2D eigenvalue weighted by Crippen LogP contribution is 2.35. The van der Waals surface area contributed by atoms with E-state index in [1.54, 1.807) is 11.8 Å². The first-order chi connectivity index (χ1) is 8.61. The molecule has 2 aromatic carbocycles. The highest BCUT2D eigenvalue weighted by atomic mass is 79.9. The number of nitrogens with two attached hydrogens (primary N) is 1. The van der Waals surface area contributed by atoms with E-state index in [1.807, 2.05) is 30.5 Å². The average molecular weight is 328 g/mol. The molecule has 0 aromatic heterocycles. The van der Waals surface area contributed by atoms with Crippen LogP contribution in [0.2, 0.25) is 0 Å². The molecule has 2 N–H and O–H groups in total. The Morgan fingerprint density at radius 3 is 2.67 bits per heavy atom. The van der Waals surface area contributed by atoms with Crippen molar-refractivity contribution in [2.75, 3.05) is 12.0 Å². The zero-order valence-corrected chi connectivity index (χ0v) is 12.0. The van der Waals surface area contributed by atoms with Crippen LogP contribution in [-0.2, 0) is 0 Å². The Kier molecular flexibility index (Phi) is 4.14. The number of hydrogen-bond acceptors (Lipinski definition) is 3. The van der Waals surface area contributed by atoms with Crippen LogP contribution in [0.3, 0.4) is 0 Å². The van der Waals surface area contributed by atoms with Crippen LogP contribution in [0.4, 0.5) is 10.1 Å². The molecule has 0 heterocycles. The van der Waals surface area contributed by atoms with E-state index in [0.717, 1.165) is 4.90 Å². The lowest BCUT2D eigenvalue weighted by Gasteiger charge is -2.11. The van der Waals surface area contributed by atoms with Crippen LogP contribution >= 0.6 is 27.7 Å². The quantitative estimate of drug-likeness (QED) is 0.656. The van der Waals surface area contributed by atoms with Crippen molar-refractivity contribution in [2.24, 2.45) is 0 Å². The van der Waals surface area contributed by atoms with Crippen LogP contribution < -0.4 is 10.5 Å². The summed E-state index contributed by atoms with van der Waals surface area (Å²) in [6.45, 7) is 0. The third kappa shape index (κ3) is 2.79. The van der Waals surface area contributed by atoms with Crippen molar-refractivity contribution < 1.29 is 9.13 Å². The standard InChI is InChI=1S/C13H11BrFNOS/c1-18-13-5-3-2-4-11(13)17-12-7-9(15)8(14)6-10(12)16/h2-7H,16H2,1H3. The van der Waals surface area contributed by atoms with Gasteiger partial charge in [0.15, 0.2) is 5.75 Å². The maximum atomic E-state index is 13.5. The van der Waals surface area contributed by atoms with E-state index in [4.69, 9.17) is 10.5 Å². The number of nitrogen functional groups attached to an aromatic ring is 1. The van der Waals surface area contributed by atoms with E-state index < -0.39 is 5.82 Å². The SMILES string of the molecule is CSc1ccccc1Oc1cc(F)c(Br)cc1N. The summed E-state index contributed by atoms with van der Waals surface area (Å²) in [5.74, 6) is 0.580. The molecule has 0 radical (unpaired) electrons. The summed E-state index contributed by atoms with van der Waals surface area (Å²) in [5, 5.41) is 0. The summed E-state index contributed by atoms with van der Waals surface area (Å²) in [6.07, 6.45) is 1.95. The van der Waals surface area contributed by atoms with Gasteiger partial charge in [0.1, 0.15) is 11.6 Å². The third-order valence-electron chi connectivity index (χ3n) is 2.34. The summed E-state index contributed by atoms with van der Waals surface area (Å²) >= 11 is 4.64. The summed E-state index contributed by atoms with van der Waals surface area (Å²) in [4.78, 5) is 0.972. The first-order valence-corrected chi connectivity index (χ1v) is 7.19. The van der Waals surface area contributed by atoms with Gasteiger partial charge in [0.25, 0.3) is 0 Å². The molecule has 94 valence electrons. The minimum Gasteiger partial charge on any atom is -0.454 e. The van der Waals surface area contributed by atoms with Gasteiger partial charge in [0, 0.05) is 11.0 Å². The van der Waals surface area contributed by atoms with Crippen molar-refractivity contribution in [3.8, 4) is 11.5 Å². The Balaban J connectivity index is 2.37. The lowest BCUT2D eigenvalue weighted by atomic mass is 10.3. The molecule has 0 bridgehead atoms. The molecule has 0 aliphatic heterocycles. The molecule has 2 rings (SSSR count). The topological polar surface area (TPSA) is 35.2 Å². The number of thioether (sulfide) groups is 1. The zero-order valence-electron chi connectivity index (χ0n) is 9.61. The number of benzene rings is 2. The zero-order chi connectivity index (χ0) is 13.1. The van der Waals surface area contributed by atoms with Crippen LogP contribution in [0.25, 0.3) is 0 Å². The Bertz CT molecular complexity index is 577. The van der Waals surface area contributed by atoms with E-state index in [9.17, 15) is 4.39 Å². The smallest absolute Gasteiger partial charge is 0.153 e. The van der Waals surface area contributed by atoms with Gasteiger partial charge in [-0.3, -0.25) is 0 Å². The van der Waals surface area contributed by atoms with E-state index in [1.165, 1.54) is 12.1 Å². The number of rotatable bonds is 3. The van der Waals surface area contributed by atoms with Crippen LogP contribution in [0.5, 0.6) is 11.5 Å². The molecule has 0 unspecified atom stereocenters. The number of halogens is 2. The lowest BCUT2D eigenvalue weighted by molar-refractivity contribution is 0.468. The Labute approximate surface area is 117 Å². The molecule has 0 saturated heterocycles. The normalized spacial score (nSPS) is 10.4. The second kappa shape index (κ2) is 5.63. The fraction of sp³-hybridized carbons (Fsp3) is 0.0769. The molecule has 2 nitrogen and oxygen atoms in total. The lowest BCUT2D eigenvalue weighted by Crippen LogP contribution is -1.94. The van der Waals surface area contributed by atoms with Gasteiger partial charge in [-0.25, -0.2) is 4.39 Å². The number of hydrogen-bond donors (Lipinski definition) is 1. The van der Waals surface area contributed by atoms with Crippen LogP contribution in [0.15, 0.2) is 45.8 Å². The van der Waals surface area contributed by atoms with Gasteiger partial charge >= 0.3 is 0 Å². The molecule has 0 aliphatic rings. The number of ether oxygens (including phenoxy) is 1. The molecule has 0 amide bonds. The van der Waals surface area contributed by atoms with Gasteiger partial charge in [-0.1, -0.05) is 12.1 Å². The van der Waals surface area contributed by atoms with Crippen molar-refractivity contribution in [1.82, 2.24) is 0 Å². The monoisotopic (exact) mass is 327 g/mol. The van der Waals surface area contributed by atoms with Crippen LogP contribution in [-0.4, -0.2) is 6.26 Å². The first-order valence-electron chi connectivity index (χ1n) is 5.17. The van der Waals surface area contributed by atoms with Crippen LogP contribution in [0.1, 0.15) is 0 Å².